The molecule has 1 atom stereocenters. The van der Waals surface area contributed by atoms with Gasteiger partial charge in [-0.05, 0) is 49.2 Å². The van der Waals surface area contributed by atoms with E-state index in [0.29, 0.717) is 28.7 Å². The van der Waals surface area contributed by atoms with E-state index in [0.717, 1.165) is 0 Å². The Morgan fingerprint density at radius 3 is 2.44 bits per heavy atom. The van der Waals surface area contributed by atoms with Gasteiger partial charge in [0.25, 0.3) is 0 Å². The molecule has 0 aliphatic carbocycles. The monoisotopic (exact) mass is 399 g/mol. The summed E-state index contributed by atoms with van der Waals surface area (Å²) in [5, 5.41) is 3.54. The Kier molecular flexibility index (Phi) is 5.29. The highest BCUT2D eigenvalue weighted by atomic mass is 35.5. The van der Waals surface area contributed by atoms with Crippen molar-refractivity contribution in [3.8, 4) is 0 Å². The summed E-state index contributed by atoms with van der Waals surface area (Å²) >= 11 is 11.6. The minimum Gasteiger partial charge on any atom is -0.309 e. The highest BCUT2D eigenvalue weighted by molar-refractivity contribution is 7.89. The average Bonchev–Trinajstić information content (AvgIpc) is 3.08. The number of nitrogens with one attached hydrogen (secondary N) is 1. The molecule has 3 rings (SSSR count). The summed E-state index contributed by atoms with van der Waals surface area (Å²) in [5.74, 6) is -0.0880. The van der Waals surface area contributed by atoms with E-state index < -0.39 is 22.0 Å². The van der Waals surface area contributed by atoms with Gasteiger partial charge in [-0.2, -0.15) is 4.31 Å². The number of anilines is 1. The van der Waals surface area contributed by atoms with Gasteiger partial charge in [0.2, 0.25) is 15.9 Å². The molecule has 2 heterocycles. The largest absolute Gasteiger partial charge is 0.309 e. The van der Waals surface area contributed by atoms with Gasteiger partial charge in [0, 0.05) is 17.8 Å². The molecule has 25 heavy (non-hydrogen) atoms. The van der Waals surface area contributed by atoms with Crippen molar-refractivity contribution in [2.75, 3.05) is 11.9 Å². The zero-order valence-electron chi connectivity index (χ0n) is 13.0. The van der Waals surface area contributed by atoms with Crippen LogP contribution >= 0.6 is 23.2 Å². The summed E-state index contributed by atoms with van der Waals surface area (Å²) in [6.07, 6.45) is 2.47. The smallest absolute Gasteiger partial charge is 0.243 e. The Morgan fingerprint density at radius 1 is 1.12 bits per heavy atom. The van der Waals surface area contributed by atoms with E-state index in [4.69, 9.17) is 23.2 Å². The Morgan fingerprint density at radius 2 is 1.80 bits per heavy atom. The summed E-state index contributed by atoms with van der Waals surface area (Å²) in [5.41, 5.74) is 0. The van der Waals surface area contributed by atoms with Gasteiger partial charge in [0.05, 0.1) is 9.92 Å². The minimum atomic E-state index is -3.78. The Balaban J connectivity index is 1.80. The maximum Gasteiger partial charge on any atom is 0.243 e. The molecule has 1 aromatic heterocycles. The SMILES string of the molecule is O=C(Nc1ccc(Cl)cn1)[C@H]1CCCN1S(=O)(=O)c1ccc(Cl)cc1. The number of hydrogen-bond acceptors (Lipinski definition) is 4. The topological polar surface area (TPSA) is 79.4 Å². The van der Waals surface area contributed by atoms with E-state index in [2.05, 4.69) is 10.3 Å². The van der Waals surface area contributed by atoms with Crippen LogP contribution in [0, 0.1) is 0 Å². The van der Waals surface area contributed by atoms with E-state index >= 15 is 0 Å². The first kappa shape index (κ1) is 18.1. The van der Waals surface area contributed by atoms with Crippen LogP contribution in [-0.2, 0) is 14.8 Å². The zero-order valence-corrected chi connectivity index (χ0v) is 15.4. The predicted octanol–water partition coefficient (Wildman–Crippen LogP) is 3.18. The van der Waals surface area contributed by atoms with Gasteiger partial charge in [-0.25, -0.2) is 13.4 Å². The lowest BCUT2D eigenvalue weighted by atomic mass is 10.2. The van der Waals surface area contributed by atoms with Crippen LogP contribution in [0.25, 0.3) is 0 Å². The molecule has 1 aliphatic rings. The number of carbonyl (C=O) groups excluding carboxylic acids is 1. The van der Waals surface area contributed by atoms with Crippen molar-refractivity contribution in [2.24, 2.45) is 0 Å². The normalized spacial score (nSPS) is 18.2. The number of aromatic nitrogens is 1. The van der Waals surface area contributed by atoms with Crippen molar-refractivity contribution < 1.29 is 13.2 Å². The first-order valence-corrected chi connectivity index (χ1v) is 9.77. The summed E-state index contributed by atoms with van der Waals surface area (Å²) in [4.78, 5) is 16.6. The van der Waals surface area contributed by atoms with E-state index in [1.54, 1.807) is 12.1 Å². The van der Waals surface area contributed by atoms with Crippen LogP contribution in [0.1, 0.15) is 12.8 Å². The second-order valence-corrected chi connectivity index (χ2v) is 8.34. The number of carbonyl (C=O) groups is 1. The van der Waals surface area contributed by atoms with Gasteiger partial charge in [-0.1, -0.05) is 23.2 Å². The third kappa shape index (κ3) is 3.95. The molecule has 0 unspecified atom stereocenters. The second kappa shape index (κ2) is 7.29. The molecular weight excluding hydrogens is 385 g/mol. The van der Waals surface area contributed by atoms with E-state index in [1.165, 1.54) is 34.8 Å². The molecule has 1 saturated heterocycles. The van der Waals surface area contributed by atoms with Gasteiger partial charge in [0.15, 0.2) is 0 Å². The Labute approximate surface area is 155 Å². The molecule has 1 N–H and O–H groups in total. The van der Waals surface area contributed by atoms with Gasteiger partial charge in [0.1, 0.15) is 11.9 Å². The molecule has 1 aromatic carbocycles. The van der Waals surface area contributed by atoms with Crippen LogP contribution < -0.4 is 5.32 Å². The third-order valence-corrected chi connectivity index (χ3v) is 6.30. The zero-order chi connectivity index (χ0) is 18.0. The van der Waals surface area contributed by atoms with Crippen LogP contribution in [0.15, 0.2) is 47.5 Å². The average molecular weight is 400 g/mol. The van der Waals surface area contributed by atoms with E-state index in [-0.39, 0.29) is 11.4 Å². The fourth-order valence-corrected chi connectivity index (χ4v) is 4.59. The standard InChI is InChI=1S/C16H15Cl2N3O3S/c17-11-3-6-13(7-4-11)25(23,24)21-9-1-2-14(21)16(22)20-15-8-5-12(18)10-19-15/h3-8,10,14H,1-2,9H2,(H,19,20,22)/t14-/m1/s1. The highest BCUT2D eigenvalue weighted by Gasteiger charge is 2.39. The molecule has 2 aromatic rings. The van der Waals surface area contributed by atoms with Gasteiger partial charge >= 0.3 is 0 Å². The van der Waals surface area contributed by atoms with Crippen LogP contribution in [0.3, 0.4) is 0 Å². The molecule has 1 aliphatic heterocycles. The molecule has 9 heteroatoms. The fraction of sp³-hybridized carbons (Fsp3) is 0.250. The number of nitrogens with zero attached hydrogens (tertiary/aromatic N) is 2. The van der Waals surface area contributed by atoms with Crippen molar-refractivity contribution in [1.29, 1.82) is 0 Å². The summed E-state index contributed by atoms with van der Waals surface area (Å²) in [6.45, 7) is 0.289. The predicted molar refractivity (Wildman–Crippen MR) is 96.2 cm³/mol. The minimum absolute atomic E-state index is 0.112. The van der Waals surface area contributed by atoms with Gasteiger partial charge in [-0.15, -0.1) is 0 Å². The number of rotatable bonds is 4. The molecule has 0 saturated carbocycles. The lowest BCUT2D eigenvalue weighted by Crippen LogP contribution is -2.43. The molecule has 1 amide bonds. The molecule has 1 fully saturated rings. The van der Waals surface area contributed by atoms with Crippen LogP contribution in [0.4, 0.5) is 5.82 Å². The quantitative estimate of drug-likeness (QED) is 0.855. The van der Waals surface area contributed by atoms with E-state index in [9.17, 15) is 13.2 Å². The Hall–Kier alpha value is -1.67. The first-order valence-electron chi connectivity index (χ1n) is 7.58. The third-order valence-electron chi connectivity index (χ3n) is 3.91. The fourth-order valence-electron chi connectivity index (χ4n) is 2.69. The number of amides is 1. The van der Waals surface area contributed by atoms with Crippen LogP contribution in [-0.4, -0.2) is 36.2 Å². The lowest BCUT2D eigenvalue weighted by molar-refractivity contribution is -0.119. The van der Waals surface area contributed by atoms with Crippen LogP contribution in [0.5, 0.6) is 0 Å². The van der Waals surface area contributed by atoms with Gasteiger partial charge < -0.3 is 5.32 Å². The second-order valence-electron chi connectivity index (χ2n) is 5.58. The van der Waals surface area contributed by atoms with E-state index in [1.807, 2.05) is 0 Å². The number of benzene rings is 1. The van der Waals surface area contributed by atoms with Crippen molar-refractivity contribution >= 4 is 45.0 Å². The maximum absolute atomic E-state index is 12.8. The van der Waals surface area contributed by atoms with Crippen LogP contribution in [0.2, 0.25) is 10.0 Å². The first-order chi connectivity index (χ1) is 11.9. The number of hydrogen-bond donors (Lipinski definition) is 1. The highest BCUT2D eigenvalue weighted by Crippen LogP contribution is 2.27. The molecule has 132 valence electrons. The summed E-state index contributed by atoms with van der Waals surface area (Å²) in [7, 11) is -3.78. The molecule has 0 spiro atoms. The number of sulfonamides is 1. The van der Waals surface area contributed by atoms with Crippen molar-refractivity contribution in [3.05, 3.63) is 52.6 Å². The molecule has 6 nitrogen and oxygen atoms in total. The number of halogens is 2. The maximum atomic E-state index is 12.8. The lowest BCUT2D eigenvalue weighted by Gasteiger charge is -2.23. The van der Waals surface area contributed by atoms with Crippen molar-refractivity contribution in [3.63, 3.8) is 0 Å². The summed E-state index contributed by atoms with van der Waals surface area (Å²) in [6, 6.07) is 8.28. The molecule has 0 bridgehead atoms. The Bertz CT molecular complexity index is 871. The summed E-state index contributed by atoms with van der Waals surface area (Å²) < 4.78 is 26.9. The van der Waals surface area contributed by atoms with Crippen molar-refractivity contribution in [2.45, 2.75) is 23.8 Å². The molecule has 0 radical (unpaired) electrons. The van der Waals surface area contributed by atoms with Crippen molar-refractivity contribution in [1.82, 2.24) is 9.29 Å². The number of pyridine rings is 1. The van der Waals surface area contributed by atoms with Gasteiger partial charge in [-0.3, -0.25) is 4.79 Å². The molecular formula is C16H15Cl2N3O3S.